The van der Waals surface area contributed by atoms with Crippen LogP contribution in [-0.2, 0) is 0 Å². The number of benzene rings is 1. The molecule has 0 fully saturated rings. The van der Waals surface area contributed by atoms with Gasteiger partial charge in [0, 0.05) is 17.1 Å². The summed E-state index contributed by atoms with van der Waals surface area (Å²) in [6.45, 7) is 0. The Morgan fingerprint density at radius 1 is 1.36 bits per heavy atom. The Morgan fingerprint density at radius 2 is 2.21 bits per heavy atom. The van der Waals surface area contributed by atoms with E-state index in [1.807, 2.05) is 6.07 Å². The van der Waals surface area contributed by atoms with Gasteiger partial charge in [0.1, 0.15) is 6.07 Å². The highest BCUT2D eigenvalue weighted by Crippen LogP contribution is 2.20. The molecule has 3 heteroatoms. The molecule has 14 heavy (non-hydrogen) atoms. The van der Waals surface area contributed by atoms with Gasteiger partial charge in [0.15, 0.2) is 0 Å². The van der Waals surface area contributed by atoms with E-state index in [0.717, 1.165) is 10.9 Å². The highest BCUT2D eigenvalue weighted by Gasteiger charge is 2.07. The molecule has 0 bridgehead atoms. The third-order valence-electron chi connectivity index (χ3n) is 2.03. The van der Waals surface area contributed by atoms with Crippen LogP contribution in [0.3, 0.4) is 0 Å². The SMILES string of the molecule is N#CC(F)c1ccc2ncccc2c1. The Bertz CT molecular complexity index is 502. The van der Waals surface area contributed by atoms with Crippen molar-refractivity contribution in [3.63, 3.8) is 0 Å². The average molecular weight is 186 g/mol. The number of fused-ring (bicyclic) bond motifs is 1. The Morgan fingerprint density at radius 3 is 3.00 bits per heavy atom. The molecule has 0 saturated carbocycles. The van der Waals surface area contributed by atoms with E-state index in [1.165, 1.54) is 0 Å². The van der Waals surface area contributed by atoms with Crippen molar-refractivity contribution in [3.8, 4) is 6.07 Å². The van der Waals surface area contributed by atoms with Crippen LogP contribution in [0.2, 0.25) is 0 Å². The van der Waals surface area contributed by atoms with E-state index in [2.05, 4.69) is 4.98 Å². The summed E-state index contributed by atoms with van der Waals surface area (Å²) in [5, 5.41) is 9.27. The van der Waals surface area contributed by atoms with Gasteiger partial charge in [0.2, 0.25) is 6.17 Å². The largest absolute Gasteiger partial charge is 0.256 e. The fourth-order valence-corrected chi connectivity index (χ4v) is 1.33. The zero-order valence-corrected chi connectivity index (χ0v) is 7.31. The van der Waals surface area contributed by atoms with Crippen LogP contribution in [-0.4, -0.2) is 4.98 Å². The van der Waals surface area contributed by atoms with Crippen molar-refractivity contribution >= 4 is 10.9 Å². The molecular formula is C11H7FN2. The number of hydrogen-bond acceptors (Lipinski definition) is 2. The van der Waals surface area contributed by atoms with Gasteiger partial charge in [0.05, 0.1) is 5.52 Å². The van der Waals surface area contributed by atoms with Crippen molar-refractivity contribution < 1.29 is 4.39 Å². The Balaban J connectivity index is 2.58. The van der Waals surface area contributed by atoms with Crippen molar-refractivity contribution in [2.24, 2.45) is 0 Å². The molecule has 0 spiro atoms. The molecule has 0 amide bonds. The van der Waals surface area contributed by atoms with Gasteiger partial charge >= 0.3 is 0 Å². The second-order valence-corrected chi connectivity index (χ2v) is 2.95. The number of alkyl halides is 1. The highest BCUT2D eigenvalue weighted by atomic mass is 19.1. The van der Waals surface area contributed by atoms with Crippen LogP contribution in [0.15, 0.2) is 36.5 Å². The smallest absolute Gasteiger partial charge is 0.211 e. The number of nitriles is 1. The normalized spacial score (nSPS) is 12.3. The van der Waals surface area contributed by atoms with Crippen molar-refractivity contribution in [2.45, 2.75) is 6.17 Å². The minimum Gasteiger partial charge on any atom is -0.256 e. The Hall–Kier alpha value is -1.95. The van der Waals surface area contributed by atoms with E-state index < -0.39 is 6.17 Å². The first kappa shape index (κ1) is 8.64. The molecule has 1 aromatic carbocycles. The van der Waals surface area contributed by atoms with E-state index in [4.69, 9.17) is 5.26 Å². The summed E-state index contributed by atoms with van der Waals surface area (Å²) >= 11 is 0. The third kappa shape index (κ3) is 1.42. The predicted octanol–water partition coefficient (Wildman–Crippen LogP) is 2.77. The average Bonchev–Trinajstić information content (AvgIpc) is 2.27. The number of nitrogens with zero attached hydrogens (tertiary/aromatic N) is 2. The fraction of sp³-hybridized carbons (Fsp3) is 0.0909. The zero-order valence-electron chi connectivity index (χ0n) is 7.31. The molecular weight excluding hydrogens is 179 g/mol. The lowest BCUT2D eigenvalue weighted by Gasteiger charge is -2.01. The number of hydrogen-bond donors (Lipinski definition) is 0. The molecule has 1 heterocycles. The van der Waals surface area contributed by atoms with Crippen molar-refractivity contribution in [3.05, 3.63) is 42.1 Å². The quantitative estimate of drug-likeness (QED) is 0.686. The summed E-state index contributed by atoms with van der Waals surface area (Å²) < 4.78 is 13.0. The first-order valence-corrected chi connectivity index (χ1v) is 4.19. The lowest BCUT2D eigenvalue weighted by molar-refractivity contribution is 0.424. The van der Waals surface area contributed by atoms with Gasteiger partial charge < -0.3 is 0 Å². The molecule has 0 N–H and O–H groups in total. The maximum Gasteiger partial charge on any atom is 0.211 e. The highest BCUT2D eigenvalue weighted by molar-refractivity contribution is 5.79. The van der Waals surface area contributed by atoms with Crippen LogP contribution < -0.4 is 0 Å². The summed E-state index contributed by atoms with van der Waals surface area (Å²) in [6.07, 6.45) is 0.124. The van der Waals surface area contributed by atoms with Crippen molar-refractivity contribution in [1.29, 1.82) is 5.26 Å². The van der Waals surface area contributed by atoms with E-state index in [0.29, 0.717) is 5.56 Å². The van der Waals surface area contributed by atoms with Crippen LogP contribution in [0, 0.1) is 11.3 Å². The predicted molar refractivity (Wildman–Crippen MR) is 51.2 cm³/mol. The van der Waals surface area contributed by atoms with E-state index in [9.17, 15) is 4.39 Å². The summed E-state index contributed by atoms with van der Waals surface area (Å²) in [5.74, 6) is 0. The van der Waals surface area contributed by atoms with Gasteiger partial charge in [-0.1, -0.05) is 12.1 Å². The molecule has 1 aromatic heterocycles. The number of aromatic nitrogens is 1. The van der Waals surface area contributed by atoms with E-state index in [-0.39, 0.29) is 0 Å². The molecule has 2 nitrogen and oxygen atoms in total. The summed E-state index contributed by atoms with van der Waals surface area (Å²) in [5.41, 5.74) is 1.19. The van der Waals surface area contributed by atoms with Crippen LogP contribution in [0.25, 0.3) is 10.9 Å². The topological polar surface area (TPSA) is 36.7 Å². The minimum atomic E-state index is -1.56. The summed E-state index contributed by atoms with van der Waals surface area (Å²) in [7, 11) is 0. The molecule has 68 valence electrons. The Kier molecular flexibility index (Phi) is 2.11. The molecule has 1 atom stereocenters. The molecule has 0 saturated heterocycles. The zero-order chi connectivity index (χ0) is 9.97. The lowest BCUT2D eigenvalue weighted by Crippen LogP contribution is -1.87. The standard InChI is InChI=1S/C11H7FN2/c12-10(7-13)8-3-4-11-9(6-8)2-1-5-14-11/h1-6,10H. The monoisotopic (exact) mass is 186 g/mol. The summed E-state index contributed by atoms with van der Waals surface area (Å²) in [4.78, 5) is 4.10. The van der Waals surface area contributed by atoms with Crippen molar-refractivity contribution in [1.82, 2.24) is 4.98 Å². The maximum atomic E-state index is 13.0. The first-order chi connectivity index (χ1) is 6.81. The molecule has 0 aliphatic heterocycles. The molecule has 2 rings (SSSR count). The Labute approximate surface area is 80.6 Å². The first-order valence-electron chi connectivity index (χ1n) is 4.19. The van der Waals surface area contributed by atoms with Crippen LogP contribution in [0.1, 0.15) is 11.7 Å². The number of rotatable bonds is 1. The van der Waals surface area contributed by atoms with Gasteiger partial charge in [-0.15, -0.1) is 0 Å². The minimum absolute atomic E-state index is 0.382. The van der Waals surface area contributed by atoms with Gasteiger partial charge in [0.25, 0.3) is 0 Å². The van der Waals surface area contributed by atoms with Gasteiger partial charge in [-0.2, -0.15) is 5.26 Å². The molecule has 0 aliphatic rings. The van der Waals surface area contributed by atoms with Crippen LogP contribution >= 0.6 is 0 Å². The van der Waals surface area contributed by atoms with Crippen molar-refractivity contribution in [2.75, 3.05) is 0 Å². The maximum absolute atomic E-state index is 13.0. The third-order valence-corrected chi connectivity index (χ3v) is 2.03. The molecule has 2 aromatic rings. The molecule has 0 aliphatic carbocycles. The lowest BCUT2D eigenvalue weighted by atomic mass is 10.1. The summed E-state index contributed by atoms with van der Waals surface area (Å²) in [6, 6.07) is 10.1. The van der Waals surface area contributed by atoms with Crippen LogP contribution in [0.5, 0.6) is 0 Å². The van der Waals surface area contributed by atoms with E-state index >= 15 is 0 Å². The van der Waals surface area contributed by atoms with Crippen LogP contribution in [0.4, 0.5) is 4.39 Å². The van der Waals surface area contributed by atoms with E-state index in [1.54, 1.807) is 36.5 Å². The van der Waals surface area contributed by atoms with Gasteiger partial charge in [-0.05, 0) is 18.2 Å². The molecule has 0 radical (unpaired) electrons. The second kappa shape index (κ2) is 3.43. The fourth-order valence-electron chi connectivity index (χ4n) is 1.33. The second-order valence-electron chi connectivity index (χ2n) is 2.95. The number of pyridine rings is 1. The van der Waals surface area contributed by atoms with Gasteiger partial charge in [-0.3, -0.25) is 4.98 Å². The van der Waals surface area contributed by atoms with Gasteiger partial charge in [-0.25, -0.2) is 4.39 Å². The molecule has 1 unspecified atom stereocenters. The number of halogens is 1.